The van der Waals surface area contributed by atoms with Gasteiger partial charge in [-0.25, -0.2) is 18.4 Å². The number of methoxy groups -OCH3 is 1. The lowest BCUT2D eigenvalue weighted by atomic mass is 10.3. The van der Waals surface area contributed by atoms with E-state index < -0.39 is 16.1 Å². The first-order valence-corrected chi connectivity index (χ1v) is 6.15. The van der Waals surface area contributed by atoms with Crippen LogP contribution >= 0.6 is 0 Å². The molecule has 94 valence electrons. The smallest absolute Gasteiger partial charge is 0.321 e. The van der Waals surface area contributed by atoms with Gasteiger partial charge in [-0.3, -0.25) is 0 Å². The maximum absolute atomic E-state index is 11.2. The number of hydrogen-bond acceptors (Lipinski definition) is 4. The molecule has 1 aromatic rings. The maximum atomic E-state index is 11.2. The predicted octanol–water partition coefficient (Wildman–Crippen LogP) is 0.0594. The molecule has 0 unspecified atom stereocenters. The van der Waals surface area contributed by atoms with E-state index in [0.717, 1.165) is 0 Å². The van der Waals surface area contributed by atoms with E-state index in [1.807, 2.05) is 0 Å². The molecule has 0 saturated carbocycles. The summed E-state index contributed by atoms with van der Waals surface area (Å²) in [6.45, 7) is 0.0844. The Hall–Kier alpha value is -1.64. The van der Waals surface area contributed by atoms with Crippen molar-refractivity contribution in [3.8, 4) is 0 Å². The first-order valence-electron chi connectivity index (χ1n) is 4.60. The number of urea groups is 1. The summed E-state index contributed by atoms with van der Waals surface area (Å²) < 4.78 is 26.6. The van der Waals surface area contributed by atoms with E-state index in [1.54, 1.807) is 0 Å². The van der Waals surface area contributed by atoms with Gasteiger partial charge >= 0.3 is 6.03 Å². The molecular weight excluding hydrogens is 246 g/mol. The summed E-state index contributed by atoms with van der Waals surface area (Å²) in [6, 6.07) is 5.04. The lowest BCUT2D eigenvalue weighted by molar-refractivity contribution is 0.177. The molecule has 0 aliphatic heterocycles. The highest BCUT2D eigenvalue weighted by atomic mass is 32.2. The average Bonchev–Trinajstić information content (AvgIpc) is 2.26. The average molecular weight is 259 g/mol. The van der Waals surface area contributed by atoms with Crippen molar-refractivity contribution in [2.45, 2.75) is 4.90 Å². The van der Waals surface area contributed by atoms with Gasteiger partial charge in [0, 0.05) is 12.8 Å². The maximum Gasteiger partial charge on any atom is 0.321 e. The molecule has 4 N–H and O–H groups in total. The standard InChI is InChI=1S/C9H13N3O4S/c1-16-6-11-9(13)12-7-2-4-8(5-3-7)17(10,14)15/h2-5H,6H2,1H3,(H2,10,14,15)(H2,11,12,13). The van der Waals surface area contributed by atoms with Crippen molar-refractivity contribution in [2.24, 2.45) is 5.14 Å². The van der Waals surface area contributed by atoms with Crippen LogP contribution < -0.4 is 15.8 Å². The Bertz CT molecular complexity index is 483. The zero-order valence-electron chi connectivity index (χ0n) is 9.14. The second-order valence-corrected chi connectivity index (χ2v) is 4.69. The number of carbonyl (C=O) groups is 1. The summed E-state index contributed by atoms with van der Waals surface area (Å²) >= 11 is 0. The topological polar surface area (TPSA) is 111 Å². The Morgan fingerprint density at radius 2 is 1.94 bits per heavy atom. The van der Waals surface area contributed by atoms with Crippen molar-refractivity contribution < 1.29 is 17.9 Å². The molecule has 0 radical (unpaired) electrons. The highest BCUT2D eigenvalue weighted by molar-refractivity contribution is 7.89. The Balaban J connectivity index is 2.66. The second-order valence-electron chi connectivity index (χ2n) is 3.13. The van der Waals surface area contributed by atoms with Gasteiger partial charge in [-0.05, 0) is 24.3 Å². The number of ether oxygens (including phenoxy) is 1. The fraction of sp³-hybridized carbons (Fsp3) is 0.222. The molecule has 0 heterocycles. The van der Waals surface area contributed by atoms with Gasteiger partial charge in [-0.15, -0.1) is 0 Å². The molecule has 0 aliphatic carbocycles. The lowest BCUT2D eigenvalue weighted by Gasteiger charge is -2.07. The van der Waals surface area contributed by atoms with Crippen molar-refractivity contribution >= 4 is 21.7 Å². The van der Waals surface area contributed by atoms with E-state index in [0.29, 0.717) is 5.69 Å². The number of sulfonamides is 1. The highest BCUT2D eigenvalue weighted by Gasteiger charge is 2.07. The summed E-state index contributed by atoms with van der Waals surface area (Å²) in [7, 11) is -2.26. The van der Waals surface area contributed by atoms with E-state index >= 15 is 0 Å². The van der Waals surface area contributed by atoms with Crippen molar-refractivity contribution in [1.82, 2.24) is 5.32 Å². The van der Waals surface area contributed by atoms with Crippen molar-refractivity contribution in [2.75, 3.05) is 19.2 Å². The van der Waals surface area contributed by atoms with Crippen LogP contribution in [0.4, 0.5) is 10.5 Å². The van der Waals surface area contributed by atoms with Gasteiger partial charge in [0.15, 0.2) is 0 Å². The summed E-state index contributed by atoms with van der Waals surface area (Å²) in [5, 5.41) is 9.83. The predicted molar refractivity (Wildman–Crippen MR) is 61.8 cm³/mol. The Morgan fingerprint density at radius 1 is 1.35 bits per heavy atom. The van der Waals surface area contributed by atoms with Crippen LogP contribution in [0.5, 0.6) is 0 Å². The highest BCUT2D eigenvalue weighted by Crippen LogP contribution is 2.12. The third-order valence-electron chi connectivity index (χ3n) is 1.82. The van der Waals surface area contributed by atoms with E-state index in [1.165, 1.54) is 31.4 Å². The molecule has 1 rings (SSSR count). The third kappa shape index (κ3) is 4.39. The number of amides is 2. The third-order valence-corrected chi connectivity index (χ3v) is 2.75. The fourth-order valence-electron chi connectivity index (χ4n) is 1.04. The number of rotatable bonds is 4. The zero-order valence-corrected chi connectivity index (χ0v) is 9.95. The Kier molecular flexibility index (Phi) is 4.44. The first kappa shape index (κ1) is 13.4. The summed E-state index contributed by atoms with van der Waals surface area (Å²) in [5.74, 6) is 0. The summed E-state index contributed by atoms with van der Waals surface area (Å²) in [5.41, 5.74) is 0.450. The van der Waals surface area contributed by atoms with Crippen LogP contribution in [0, 0.1) is 0 Å². The van der Waals surface area contributed by atoms with Crippen LogP contribution in [0.25, 0.3) is 0 Å². The molecular formula is C9H13N3O4S. The second kappa shape index (κ2) is 5.62. The minimum atomic E-state index is -3.71. The molecule has 0 aliphatic rings. The van der Waals surface area contributed by atoms with Gasteiger partial charge in [0.05, 0.1) is 4.90 Å². The molecule has 8 heteroatoms. The monoisotopic (exact) mass is 259 g/mol. The van der Waals surface area contributed by atoms with Gasteiger partial charge in [0.2, 0.25) is 10.0 Å². The van der Waals surface area contributed by atoms with E-state index in [9.17, 15) is 13.2 Å². The van der Waals surface area contributed by atoms with Crippen LogP contribution in [-0.2, 0) is 14.8 Å². The molecule has 17 heavy (non-hydrogen) atoms. The molecule has 0 bridgehead atoms. The Labute approximate surface area is 99.0 Å². The van der Waals surface area contributed by atoms with Crippen LogP contribution in [0.3, 0.4) is 0 Å². The minimum Gasteiger partial charge on any atom is -0.364 e. The van der Waals surface area contributed by atoms with Gasteiger partial charge in [-0.2, -0.15) is 0 Å². The van der Waals surface area contributed by atoms with Gasteiger partial charge in [-0.1, -0.05) is 0 Å². The van der Waals surface area contributed by atoms with Gasteiger partial charge < -0.3 is 15.4 Å². The summed E-state index contributed by atoms with van der Waals surface area (Å²) in [6.07, 6.45) is 0. The molecule has 7 nitrogen and oxygen atoms in total. The minimum absolute atomic E-state index is 0.0136. The first-order chi connectivity index (χ1) is 7.93. The fourth-order valence-corrected chi connectivity index (χ4v) is 1.56. The molecule has 0 aromatic heterocycles. The number of nitrogens with two attached hydrogens (primary N) is 1. The quantitative estimate of drug-likeness (QED) is 0.664. The Morgan fingerprint density at radius 3 is 2.41 bits per heavy atom. The lowest BCUT2D eigenvalue weighted by Crippen LogP contribution is -2.30. The largest absolute Gasteiger partial charge is 0.364 e. The number of benzene rings is 1. The number of anilines is 1. The molecule has 0 fully saturated rings. The molecule has 1 aromatic carbocycles. The van der Waals surface area contributed by atoms with E-state index in [4.69, 9.17) is 5.14 Å². The van der Waals surface area contributed by atoms with Crippen molar-refractivity contribution in [3.05, 3.63) is 24.3 Å². The van der Waals surface area contributed by atoms with Crippen molar-refractivity contribution in [3.63, 3.8) is 0 Å². The van der Waals surface area contributed by atoms with Gasteiger partial charge in [0.25, 0.3) is 0 Å². The molecule has 0 spiro atoms. The van der Waals surface area contributed by atoms with Crippen LogP contribution in [0.1, 0.15) is 0 Å². The number of primary sulfonamides is 1. The molecule has 2 amide bonds. The normalized spacial score (nSPS) is 10.9. The zero-order chi connectivity index (χ0) is 12.9. The van der Waals surface area contributed by atoms with Crippen LogP contribution in [0.15, 0.2) is 29.2 Å². The number of carbonyl (C=O) groups excluding carboxylic acids is 1. The van der Waals surface area contributed by atoms with Crippen LogP contribution in [0.2, 0.25) is 0 Å². The molecule has 0 atom stereocenters. The van der Waals surface area contributed by atoms with Gasteiger partial charge in [0.1, 0.15) is 6.73 Å². The number of nitrogens with one attached hydrogen (secondary N) is 2. The SMILES string of the molecule is COCNC(=O)Nc1ccc(S(N)(=O)=O)cc1. The van der Waals surface area contributed by atoms with Crippen LogP contribution in [-0.4, -0.2) is 28.3 Å². The van der Waals surface area contributed by atoms with E-state index in [-0.39, 0.29) is 11.6 Å². The van der Waals surface area contributed by atoms with E-state index in [2.05, 4.69) is 15.4 Å². The summed E-state index contributed by atoms with van der Waals surface area (Å²) in [4.78, 5) is 11.2. The number of hydrogen-bond donors (Lipinski definition) is 3. The molecule has 0 saturated heterocycles. The van der Waals surface area contributed by atoms with Crippen molar-refractivity contribution in [1.29, 1.82) is 0 Å².